The summed E-state index contributed by atoms with van der Waals surface area (Å²) in [5, 5.41) is 2.75. The molecule has 0 spiro atoms. The summed E-state index contributed by atoms with van der Waals surface area (Å²) in [5.74, 6) is 0.818. The number of nitrogens with two attached hydrogens (primary N) is 1. The van der Waals surface area contributed by atoms with E-state index in [2.05, 4.69) is 5.32 Å². The van der Waals surface area contributed by atoms with Gasteiger partial charge in [-0.25, -0.2) is 4.79 Å². The maximum atomic E-state index is 11.3. The summed E-state index contributed by atoms with van der Waals surface area (Å²) in [4.78, 5) is 13.0. The third-order valence-corrected chi connectivity index (χ3v) is 2.76. The minimum absolute atomic E-state index is 0.0115. The van der Waals surface area contributed by atoms with Crippen LogP contribution in [0.1, 0.15) is 5.56 Å². The summed E-state index contributed by atoms with van der Waals surface area (Å²) in [7, 11) is 0. The van der Waals surface area contributed by atoms with Crippen molar-refractivity contribution in [3.8, 4) is 5.75 Å². The van der Waals surface area contributed by atoms with E-state index in [0.29, 0.717) is 13.2 Å². The number of nitrogens with zero attached hydrogens (tertiary/aromatic N) is 1. The summed E-state index contributed by atoms with van der Waals surface area (Å²) in [6.07, 6.45) is 0. The third-order valence-electron chi connectivity index (χ3n) is 2.76. The van der Waals surface area contributed by atoms with Gasteiger partial charge in [-0.15, -0.1) is 0 Å². The first-order valence-electron chi connectivity index (χ1n) is 5.68. The number of hydrogen-bond acceptors (Lipinski definition) is 3. The fourth-order valence-electron chi connectivity index (χ4n) is 1.82. The first kappa shape index (κ1) is 11.6. The van der Waals surface area contributed by atoms with Crippen LogP contribution < -0.4 is 15.8 Å². The lowest BCUT2D eigenvalue weighted by molar-refractivity contribution is 0.202. The maximum absolute atomic E-state index is 11.3. The van der Waals surface area contributed by atoms with Gasteiger partial charge in [0.15, 0.2) is 0 Å². The lowest BCUT2D eigenvalue weighted by Gasteiger charge is -2.15. The summed E-state index contributed by atoms with van der Waals surface area (Å²) in [6, 6.07) is 5.53. The van der Waals surface area contributed by atoms with Crippen molar-refractivity contribution in [1.82, 2.24) is 10.2 Å². The summed E-state index contributed by atoms with van der Waals surface area (Å²) in [6.45, 7) is 4.53. The van der Waals surface area contributed by atoms with Crippen molar-refractivity contribution >= 4 is 11.7 Å². The minimum Gasteiger partial charge on any atom is -0.491 e. The van der Waals surface area contributed by atoms with Gasteiger partial charge in [-0.3, -0.25) is 0 Å². The molecule has 3 N–H and O–H groups in total. The summed E-state index contributed by atoms with van der Waals surface area (Å²) < 4.78 is 5.62. The average molecular weight is 235 g/mol. The van der Waals surface area contributed by atoms with Gasteiger partial charge >= 0.3 is 6.03 Å². The van der Waals surface area contributed by atoms with Crippen LogP contribution in [0, 0.1) is 6.92 Å². The van der Waals surface area contributed by atoms with E-state index in [-0.39, 0.29) is 6.03 Å². The smallest absolute Gasteiger partial charge is 0.317 e. The highest BCUT2D eigenvalue weighted by atomic mass is 16.5. The number of anilines is 1. The summed E-state index contributed by atoms with van der Waals surface area (Å²) >= 11 is 0. The second-order valence-corrected chi connectivity index (χ2v) is 4.09. The maximum Gasteiger partial charge on any atom is 0.317 e. The molecule has 17 heavy (non-hydrogen) atoms. The Morgan fingerprint density at radius 2 is 2.35 bits per heavy atom. The number of carbonyl (C=O) groups is 1. The largest absolute Gasteiger partial charge is 0.491 e. The van der Waals surface area contributed by atoms with E-state index >= 15 is 0 Å². The molecule has 1 aromatic carbocycles. The molecule has 0 atom stereocenters. The molecule has 2 amide bonds. The SMILES string of the molecule is Cc1cc(N)ccc1OCCN1CCNC1=O. The van der Waals surface area contributed by atoms with Crippen molar-refractivity contribution < 1.29 is 9.53 Å². The normalized spacial score (nSPS) is 14.9. The van der Waals surface area contributed by atoms with Crippen LogP contribution in [-0.2, 0) is 0 Å². The zero-order valence-corrected chi connectivity index (χ0v) is 9.90. The highest BCUT2D eigenvalue weighted by Gasteiger charge is 2.18. The van der Waals surface area contributed by atoms with Crippen LogP contribution in [0.25, 0.3) is 0 Å². The monoisotopic (exact) mass is 235 g/mol. The Kier molecular flexibility index (Phi) is 3.37. The number of urea groups is 1. The van der Waals surface area contributed by atoms with Crippen LogP contribution in [-0.4, -0.2) is 37.2 Å². The van der Waals surface area contributed by atoms with Crippen molar-refractivity contribution in [1.29, 1.82) is 0 Å². The third kappa shape index (κ3) is 2.81. The first-order valence-corrected chi connectivity index (χ1v) is 5.68. The van der Waals surface area contributed by atoms with Crippen molar-refractivity contribution in [3.05, 3.63) is 23.8 Å². The molecule has 1 heterocycles. The Labute approximate surface area is 101 Å². The van der Waals surface area contributed by atoms with E-state index in [9.17, 15) is 4.79 Å². The number of carbonyl (C=O) groups excluding carboxylic acids is 1. The highest BCUT2D eigenvalue weighted by Crippen LogP contribution is 2.19. The second-order valence-electron chi connectivity index (χ2n) is 4.09. The van der Waals surface area contributed by atoms with Crippen LogP contribution >= 0.6 is 0 Å². The van der Waals surface area contributed by atoms with Gasteiger partial charge in [0.1, 0.15) is 12.4 Å². The van der Waals surface area contributed by atoms with Gasteiger partial charge in [-0.05, 0) is 30.7 Å². The van der Waals surface area contributed by atoms with Gasteiger partial charge in [0, 0.05) is 18.8 Å². The number of nitrogens with one attached hydrogen (secondary N) is 1. The molecule has 0 aromatic heterocycles. The standard InChI is InChI=1S/C12H17N3O2/c1-9-8-10(13)2-3-11(9)17-7-6-15-5-4-14-12(15)16/h2-3,8H,4-7,13H2,1H3,(H,14,16). The number of benzene rings is 1. The topological polar surface area (TPSA) is 67.6 Å². The Bertz CT molecular complexity index is 420. The van der Waals surface area contributed by atoms with E-state index in [0.717, 1.165) is 30.1 Å². The van der Waals surface area contributed by atoms with Crippen molar-refractivity contribution in [3.63, 3.8) is 0 Å². The van der Waals surface area contributed by atoms with Gasteiger partial charge in [-0.2, -0.15) is 0 Å². The molecule has 1 aliphatic heterocycles. The van der Waals surface area contributed by atoms with Crippen LogP contribution in [0.2, 0.25) is 0 Å². The molecule has 92 valence electrons. The van der Waals surface area contributed by atoms with Gasteiger partial charge in [0.2, 0.25) is 0 Å². The first-order chi connectivity index (χ1) is 8.16. The van der Waals surface area contributed by atoms with E-state index in [1.54, 1.807) is 4.90 Å². The Morgan fingerprint density at radius 3 is 3.00 bits per heavy atom. The Hall–Kier alpha value is -1.91. The quantitative estimate of drug-likeness (QED) is 0.764. The molecule has 0 saturated carbocycles. The zero-order valence-electron chi connectivity index (χ0n) is 9.90. The van der Waals surface area contributed by atoms with Crippen LogP contribution in [0.4, 0.5) is 10.5 Å². The zero-order chi connectivity index (χ0) is 12.3. The van der Waals surface area contributed by atoms with E-state index in [1.807, 2.05) is 25.1 Å². The molecule has 1 aromatic rings. The lowest BCUT2D eigenvalue weighted by atomic mass is 10.2. The van der Waals surface area contributed by atoms with Gasteiger partial charge in [0.05, 0.1) is 6.54 Å². The van der Waals surface area contributed by atoms with Gasteiger partial charge in [-0.1, -0.05) is 0 Å². The average Bonchev–Trinajstić information content (AvgIpc) is 2.68. The molecular weight excluding hydrogens is 218 g/mol. The predicted molar refractivity (Wildman–Crippen MR) is 66.1 cm³/mol. The molecular formula is C12H17N3O2. The molecule has 0 aliphatic carbocycles. The molecule has 0 radical (unpaired) electrons. The number of aryl methyl sites for hydroxylation is 1. The lowest BCUT2D eigenvalue weighted by Crippen LogP contribution is -2.31. The number of ether oxygens (including phenoxy) is 1. The molecule has 1 saturated heterocycles. The molecule has 0 bridgehead atoms. The number of hydrogen-bond donors (Lipinski definition) is 2. The molecule has 1 aliphatic rings. The van der Waals surface area contributed by atoms with Gasteiger partial charge < -0.3 is 20.7 Å². The fourth-order valence-corrected chi connectivity index (χ4v) is 1.82. The molecule has 2 rings (SSSR count). The Balaban J connectivity index is 1.83. The van der Waals surface area contributed by atoms with Crippen LogP contribution in [0.5, 0.6) is 5.75 Å². The molecule has 5 heteroatoms. The van der Waals surface area contributed by atoms with E-state index in [4.69, 9.17) is 10.5 Å². The van der Waals surface area contributed by atoms with Crippen LogP contribution in [0.3, 0.4) is 0 Å². The van der Waals surface area contributed by atoms with Crippen molar-refractivity contribution in [2.45, 2.75) is 6.92 Å². The van der Waals surface area contributed by atoms with Crippen LogP contribution in [0.15, 0.2) is 18.2 Å². The van der Waals surface area contributed by atoms with E-state index in [1.165, 1.54) is 0 Å². The predicted octanol–water partition coefficient (Wildman–Crippen LogP) is 0.981. The fraction of sp³-hybridized carbons (Fsp3) is 0.417. The number of rotatable bonds is 4. The number of nitrogen functional groups attached to an aromatic ring is 1. The highest BCUT2D eigenvalue weighted by molar-refractivity contribution is 5.76. The van der Waals surface area contributed by atoms with Gasteiger partial charge in [0.25, 0.3) is 0 Å². The van der Waals surface area contributed by atoms with Crippen molar-refractivity contribution in [2.24, 2.45) is 0 Å². The minimum atomic E-state index is -0.0115. The second kappa shape index (κ2) is 4.95. The van der Waals surface area contributed by atoms with E-state index < -0.39 is 0 Å². The molecule has 0 unspecified atom stereocenters. The Morgan fingerprint density at radius 1 is 1.53 bits per heavy atom. The molecule has 5 nitrogen and oxygen atoms in total. The summed E-state index contributed by atoms with van der Waals surface area (Å²) in [5.41, 5.74) is 7.40. The molecule has 1 fully saturated rings. The van der Waals surface area contributed by atoms with Crippen molar-refractivity contribution in [2.75, 3.05) is 32.0 Å². The number of amides is 2.